The largest absolute Gasteiger partial charge is 0.444 e. The first-order chi connectivity index (χ1) is 17.2. The van der Waals surface area contributed by atoms with Gasteiger partial charge in [-0.1, -0.05) is 87.9 Å². The lowest BCUT2D eigenvalue weighted by molar-refractivity contribution is -0.0347. The minimum Gasteiger partial charge on any atom is -0.444 e. The normalized spacial score (nSPS) is 25.5. The first-order valence-corrected chi connectivity index (χ1v) is 14.3. The Labute approximate surface area is 219 Å². The van der Waals surface area contributed by atoms with E-state index >= 15 is 0 Å². The third kappa shape index (κ3) is 8.08. The van der Waals surface area contributed by atoms with Gasteiger partial charge >= 0.3 is 6.09 Å². The zero-order valence-corrected chi connectivity index (χ0v) is 23.1. The number of ether oxygens (including phenoxy) is 2. The van der Waals surface area contributed by atoms with Crippen LogP contribution in [0.4, 0.5) is 4.79 Å². The summed E-state index contributed by atoms with van der Waals surface area (Å²) < 4.78 is 12.1. The summed E-state index contributed by atoms with van der Waals surface area (Å²) in [5.41, 5.74) is 0.325. The second-order valence-corrected chi connectivity index (χ2v) is 11.8. The number of unbranched alkanes of at least 4 members (excludes halogenated alkanes) is 3. The summed E-state index contributed by atoms with van der Waals surface area (Å²) in [6.07, 6.45) is 15.2. The Morgan fingerprint density at radius 2 is 1.92 bits per heavy atom. The van der Waals surface area contributed by atoms with Gasteiger partial charge in [0, 0.05) is 5.92 Å². The molecule has 5 nitrogen and oxygen atoms in total. The Hall–Kier alpha value is -1.85. The first kappa shape index (κ1) is 28.7. The molecule has 1 amide bonds. The van der Waals surface area contributed by atoms with Crippen molar-refractivity contribution in [3.8, 4) is 0 Å². The van der Waals surface area contributed by atoms with Crippen molar-refractivity contribution in [3.63, 3.8) is 0 Å². The second-order valence-electron chi connectivity index (χ2n) is 11.8. The smallest absolute Gasteiger partial charge is 0.411 e. The quantitative estimate of drug-likeness (QED) is 0.254. The van der Waals surface area contributed by atoms with Gasteiger partial charge in [-0.3, -0.25) is 4.90 Å². The summed E-state index contributed by atoms with van der Waals surface area (Å²) >= 11 is 0. The molecule has 36 heavy (non-hydrogen) atoms. The highest BCUT2D eigenvalue weighted by molar-refractivity contribution is 5.70. The van der Waals surface area contributed by atoms with Crippen LogP contribution in [0.2, 0.25) is 0 Å². The molecule has 2 aliphatic rings. The van der Waals surface area contributed by atoms with Gasteiger partial charge in [-0.05, 0) is 58.4 Å². The van der Waals surface area contributed by atoms with E-state index in [1.807, 2.05) is 49.9 Å². The van der Waals surface area contributed by atoms with Crippen LogP contribution in [0.5, 0.6) is 0 Å². The van der Waals surface area contributed by atoms with Gasteiger partial charge in [0.1, 0.15) is 5.60 Å². The third-order valence-electron chi connectivity index (χ3n) is 7.75. The summed E-state index contributed by atoms with van der Waals surface area (Å²) in [6, 6.07) is 10.2. The molecule has 1 aliphatic heterocycles. The number of aliphatic hydroxyl groups excluding tert-OH is 1. The molecule has 1 saturated heterocycles. The maximum absolute atomic E-state index is 13.6. The van der Waals surface area contributed by atoms with Crippen LogP contribution in [0.25, 0.3) is 0 Å². The number of benzene rings is 1. The van der Waals surface area contributed by atoms with Crippen LogP contribution < -0.4 is 0 Å². The van der Waals surface area contributed by atoms with E-state index in [1.165, 1.54) is 19.3 Å². The maximum atomic E-state index is 13.6. The molecular formula is C31H49NO4. The zero-order valence-electron chi connectivity index (χ0n) is 23.1. The van der Waals surface area contributed by atoms with E-state index < -0.39 is 11.7 Å². The highest BCUT2D eigenvalue weighted by Gasteiger charge is 2.54. The van der Waals surface area contributed by atoms with Crippen molar-refractivity contribution >= 4 is 6.09 Å². The number of likely N-dealkylation sites (tertiary alicyclic amines) is 1. The summed E-state index contributed by atoms with van der Waals surface area (Å²) in [6.45, 7) is 9.05. The zero-order chi connectivity index (χ0) is 26.0. The summed E-state index contributed by atoms with van der Waals surface area (Å²) in [7, 11) is 0. The lowest BCUT2D eigenvalue weighted by atomic mass is 9.71. The van der Waals surface area contributed by atoms with Crippen LogP contribution >= 0.6 is 0 Å². The number of carbonyl (C=O) groups is 1. The van der Waals surface area contributed by atoms with Crippen molar-refractivity contribution in [2.75, 3.05) is 6.61 Å². The third-order valence-corrected chi connectivity index (χ3v) is 7.75. The second kappa shape index (κ2) is 13.6. The fourth-order valence-corrected chi connectivity index (χ4v) is 5.99. The Bertz CT molecular complexity index is 818. The van der Waals surface area contributed by atoms with Gasteiger partial charge in [-0.15, -0.1) is 0 Å². The summed E-state index contributed by atoms with van der Waals surface area (Å²) in [5, 5.41) is 10.6. The number of amides is 1. The van der Waals surface area contributed by atoms with Crippen molar-refractivity contribution in [3.05, 3.63) is 48.0 Å². The molecule has 5 heteroatoms. The standard InChI is InChI=1S/C31H49NO4/c1-5-6-7-11-17-28(33)19-18-26-16-12-13-21-31(26)22-20-27(32(31)29(34)36-30(2,3)4)24-35-23-25-14-9-8-10-15-25/h8-10,14-15,18-19,26-28,33H,5-7,11-13,16-17,20-24H2,1-4H3/b19-18+/t26-,27-,28+,31-/m0/s1. The van der Waals surface area contributed by atoms with Gasteiger partial charge in [-0.25, -0.2) is 4.79 Å². The van der Waals surface area contributed by atoms with E-state index in [2.05, 4.69) is 25.1 Å². The summed E-state index contributed by atoms with van der Waals surface area (Å²) in [4.78, 5) is 15.7. The molecule has 0 unspecified atom stereocenters. The molecular weight excluding hydrogens is 450 g/mol. The van der Waals surface area contributed by atoms with Gasteiger partial charge in [0.25, 0.3) is 0 Å². The molecule has 1 aromatic carbocycles. The lowest BCUT2D eigenvalue weighted by Crippen LogP contribution is -2.57. The Morgan fingerprint density at radius 3 is 2.64 bits per heavy atom. The average Bonchev–Trinajstić information content (AvgIpc) is 3.19. The Morgan fingerprint density at radius 1 is 1.14 bits per heavy atom. The summed E-state index contributed by atoms with van der Waals surface area (Å²) in [5.74, 6) is 0.225. The van der Waals surface area contributed by atoms with E-state index in [-0.39, 0.29) is 23.6 Å². The van der Waals surface area contributed by atoms with Gasteiger partial charge < -0.3 is 14.6 Å². The molecule has 202 valence electrons. The van der Waals surface area contributed by atoms with Crippen molar-refractivity contribution in [1.82, 2.24) is 4.90 Å². The molecule has 1 heterocycles. The fourth-order valence-electron chi connectivity index (χ4n) is 5.99. The van der Waals surface area contributed by atoms with Gasteiger partial charge in [0.2, 0.25) is 0 Å². The van der Waals surface area contributed by atoms with Crippen LogP contribution in [-0.4, -0.2) is 46.0 Å². The topological polar surface area (TPSA) is 59.0 Å². The highest BCUT2D eigenvalue weighted by Crippen LogP contribution is 2.49. The van der Waals surface area contributed by atoms with Crippen LogP contribution in [0.1, 0.15) is 104 Å². The monoisotopic (exact) mass is 499 g/mol. The molecule has 1 spiro atoms. The van der Waals surface area contributed by atoms with Crippen LogP contribution in [0.3, 0.4) is 0 Å². The van der Waals surface area contributed by atoms with Gasteiger partial charge in [0.15, 0.2) is 0 Å². The Kier molecular flexibility index (Phi) is 10.9. The molecule has 0 radical (unpaired) electrons. The highest BCUT2D eigenvalue weighted by atomic mass is 16.6. The molecule has 4 atom stereocenters. The molecule has 0 aromatic heterocycles. The average molecular weight is 500 g/mol. The number of carbonyl (C=O) groups excluding carboxylic acids is 1. The van der Waals surface area contributed by atoms with E-state index in [0.717, 1.165) is 56.9 Å². The minimum absolute atomic E-state index is 0.00321. The first-order valence-electron chi connectivity index (χ1n) is 14.3. The number of nitrogens with zero attached hydrogens (tertiary/aromatic N) is 1. The van der Waals surface area contributed by atoms with E-state index in [1.54, 1.807) is 0 Å². The molecule has 2 fully saturated rings. The molecule has 1 aliphatic carbocycles. The number of hydrogen-bond donors (Lipinski definition) is 1. The van der Waals surface area contributed by atoms with Crippen molar-refractivity contribution < 1.29 is 19.4 Å². The lowest BCUT2D eigenvalue weighted by Gasteiger charge is -2.48. The number of rotatable bonds is 11. The maximum Gasteiger partial charge on any atom is 0.411 e. The predicted octanol–water partition coefficient (Wildman–Crippen LogP) is 7.42. The molecule has 1 N–H and O–H groups in total. The van der Waals surface area contributed by atoms with E-state index in [4.69, 9.17) is 9.47 Å². The van der Waals surface area contributed by atoms with Crippen molar-refractivity contribution in [2.24, 2.45) is 5.92 Å². The molecule has 1 saturated carbocycles. The SMILES string of the molecule is CCCCCC[C@@H](O)/C=C/[C@@H]1CCCC[C@]12CC[C@@H](COCc1ccccc1)N2C(=O)OC(C)(C)C. The van der Waals surface area contributed by atoms with E-state index in [0.29, 0.717) is 13.2 Å². The van der Waals surface area contributed by atoms with Crippen LogP contribution in [0.15, 0.2) is 42.5 Å². The van der Waals surface area contributed by atoms with E-state index in [9.17, 15) is 9.90 Å². The van der Waals surface area contributed by atoms with Crippen molar-refractivity contribution in [2.45, 2.75) is 128 Å². The van der Waals surface area contributed by atoms with Crippen LogP contribution in [0, 0.1) is 5.92 Å². The molecule has 3 rings (SSSR count). The minimum atomic E-state index is -0.551. The number of hydrogen-bond acceptors (Lipinski definition) is 4. The van der Waals surface area contributed by atoms with Gasteiger partial charge in [-0.2, -0.15) is 0 Å². The van der Waals surface area contributed by atoms with Gasteiger partial charge in [0.05, 0.1) is 30.9 Å². The predicted molar refractivity (Wildman–Crippen MR) is 146 cm³/mol. The fraction of sp³-hybridized carbons (Fsp3) is 0.710. The number of aliphatic hydroxyl groups is 1. The van der Waals surface area contributed by atoms with Crippen molar-refractivity contribution in [1.29, 1.82) is 0 Å². The van der Waals surface area contributed by atoms with Crippen LogP contribution in [-0.2, 0) is 16.1 Å². The molecule has 1 aromatic rings. The molecule has 0 bridgehead atoms. The Balaban J connectivity index is 1.74.